The lowest BCUT2D eigenvalue weighted by Gasteiger charge is -2.27. The van der Waals surface area contributed by atoms with Gasteiger partial charge in [-0.25, -0.2) is 9.67 Å². The fraction of sp³-hybridized carbons (Fsp3) is 0.476. The average molecular weight is 482 g/mol. The van der Waals surface area contributed by atoms with Gasteiger partial charge >= 0.3 is 0 Å². The predicted octanol–water partition coefficient (Wildman–Crippen LogP) is 6.16. The molecular weight excluding hydrogens is 456 g/mol. The Kier molecular flexibility index (Phi) is 5.96. The molecule has 0 radical (unpaired) electrons. The second kappa shape index (κ2) is 7.85. The molecule has 0 aliphatic carbocycles. The molecule has 0 saturated heterocycles. The summed E-state index contributed by atoms with van der Waals surface area (Å²) in [5, 5.41) is 19.8. The van der Waals surface area contributed by atoms with Crippen LogP contribution in [0.25, 0.3) is 11.0 Å². The van der Waals surface area contributed by atoms with Crippen LogP contribution in [0.15, 0.2) is 28.9 Å². The average Bonchev–Trinajstić information content (AvgIpc) is 2.99. The molecule has 1 unspecified atom stereocenters. The molecule has 1 atom stereocenters. The largest absolute Gasteiger partial charge is 0.437 e. The van der Waals surface area contributed by atoms with Gasteiger partial charge in [0.1, 0.15) is 11.3 Å². The van der Waals surface area contributed by atoms with Crippen LogP contribution in [0.4, 0.5) is 0 Å². The Balaban J connectivity index is 2.00. The molecule has 3 rings (SSSR count). The number of pyridine rings is 1. The number of aliphatic hydroxyl groups is 1. The van der Waals surface area contributed by atoms with Gasteiger partial charge in [-0.3, -0.25) is 0 Å². The standard InChI is InChI=1S/C21H26BrClN4O2/c1-20(2,3)11-27-14-7-8-15(16(22)17(14)25-26-27)29-19-13(9-12(23)10-24-19)18(28)21(4,5)6/h7-10,18,28H,11H2,1-6H3. The molecular formula is C21H26BrClN4O2. The van der Waals surface area contributed by atoms with Crippen LogP contribution in [0.5, 0.6) is 11.6 Å². The van der Waals surface area contributed by atoms with E-state index in [0.717, 1.165) is 12.1 Å². The number of benzene rings is 1. The molecule has 0 saturated carbocycles. The number of nitrogens with zero attached hydrogens (tertiary/aromatic N) is 4. The van der Waals surface area contributed by atoms with E-state index in [2.05, 4.69) is 52.0 Å². The Morgan fingerprint density at radius 1 is 1.21 bits per heavy atom. The molecule has 6 nitrogen and oxygen atoms in total. The van der Waals surface area contributed by atoms with Gasteiger partial charge in [-0.15, -0.1) is 5.10 Å². The third-order valence-corrected chi connectivity index (χ3v) is 5.35. The Hall–Kier alpha value is -1.70. The molecule has 0 fully saturated rings. The van der Waals surface area contributed by atoms with Crippen molar-refractivity contribution < 1.29 is 9.84 Å². The summed E-state index contributed by atoms with van der Waals surface area (Å²) in [5.41, 5.74) is 1.83. The quantitative estimate of drug-likeness (QED) is 0.483. The first kappa shape index (κ1) is 22.0. The molecule has 0 aliphatic rings. The van der Waals surface area contributed by atoms with E-state index in [0.29, 0.717) is 32.2 Å². The normalized spacial score (nSPS) is 13.7. The fourth-order valence-electron chi connectivity index (χ4n) is 2.93. The number of fused-ring (bicyclic) bond motifs is 1. The molecule has 0 bridgehead atoms. The zero-order valence-electron chi connectivity index (χ0n) is 17.5. The van der Waals surface area contributed by atoms with Crippen LogP contribution in [-0.2, 0) is 6.54 Å². The van der Waals surface area contributed by atoms with Gasteiger partial charge in [0.2, 0.25) is 5.88 Å². The summed E-state index contributed by atoms with van der Waals surface area (Å²) in [5.74, 6) is 0.844. The number of ether oxygens (including phenoxy) is 1. The van der Waals surface area contributed by atoms with Crippen LogP contribution in [-0.4, -0.2) is 25.1 Å². The van der Waals surface area contributed by atoms with Crippen molar-refractivity contribution in [1.82, 2.24) is 20.0 Å². The summed E-state index contributed by atoms with van der Waals surface area (Å²) in [6.45, 7) is 13.0. The summed E-state index contributed by atoms with van der Waals surface area (Å²) >= 11 is 9.71. The molecule has 1 N–H and O–H groups in total. The molecule has 29 heavy (non-hydrogen) atoms. The van der Waals surface area contributed by atoms with Crippen molar-refractivity contribution in [3.05, 3.63) is 39.5 Å². The highest BCUT2D eigenvalue weighted by atomic mass is 79.9. The maximum Gasteiger partial charge on any atom is 0.225 e. The maximum atomic E-state index is 10.8. The minimum atomic E-state index is -0.793. The van der Waals surface area contributed by atoms with Gasteiger partial charge in [-0.2, -0.15) is 0 Å². The second-order valence-electron chi connectivity index (χ2n) is 9.47. The lowest BCUT2D eigenvalue weighted by atomic mass is 9.85. The summed E-state index contributed by atoms with van der Waals surface area (Å²) in [6.07, 6.45) is 0.709. The van der Waals surface area contributed by atoms with Crippen molar-refractivity contribution >= 4 is 38.6 Å². The van der Waals surface area contributed by atoms with Crippen molar-refractivity contribution in [3.8, 4) is 11.6 Å². The monoisotopic (exact) mass is 480 g/mol. The Morgan fingerprint density at radius 2 is 1.90 bits per heavy atom. The first-order chi connectivity index (χ1) is 13.4. The zero-order chi connectivity index (χ0) is 21.6. The zero-order valence-corrected chi connectivity index (χ0v) is 19.8. The number of aromatic nitrogens is 4. The highest BCUT2D eigenvalue weighted by molar-refractivity contribution is 9.10. The van der Waals surface area contributed by atoms with Crippen LogP contribution in [0.2, 0.25) is 5.02 Å². The number of aliphatic hydroxyl groups excluding tert-OH is 1. The first-order valence-corrected chi connectivity index (χ1v) is 10.6. The Morgan fingerprint density at radius 3 is 2.52 bits per heavy atom. The minimum Gasteiger partial charge on any atom is -0.437 e. The molecule has 2 aromatic heterocycles. The van der Waals surface area contributed by atoms with Gasteiger partial charge in [-0.05, 0) is 45.0 Å². The number of hydrogen-bond donors (Lipinski definition) is 1. The van der Waals surface area contributed by atoms with E-state index < -0.39 is 11.5 Å². The molecule has 1 aromatic carbocycles. The van der Waals surface area contributed by atoms with Gasteiger partial charge in [0.05, 0.1) is 21.1 Å². The van der Waals surface area contributed by atoms with E-state index >= 15 is 0 Å². The van der Waals surface area contributed by atoms with Crippen LogP contribution < -0.4 is 4.74 Å². The third-order valence-electron chi connectivity index (χ3n) is 4.38. The van der Waals surface area contributed by atoms with E-state index in [1.54, 1.807) is 6.07 Å². The lowest BCUT2D eigenvalue weighted by Crippen LogP contribution is -2.18. The predicted molar refractivity (Wildman–Crippen MR) is 118 cm³/mol. The van der Waals surface area contributed by atoms with Gasteiger partial charge in [-0.1, -0.05) is 58.4 Å². The smallest absolute Gasteiger partial charge is 0.225 e. The van der Waals surface area contributed by atoms with E-state index in [1.807, 2.05) is 37.6 Å². The van der Waals surface area contributed by atoms with E-state index in [-0.39, 0.29) is 5.41 Å². The van der Waals surface area contributed by atoms with Crippen molar-refractivity contribution in [2.24, 2.45) is 10.8 Å². The lowest BCUT2D eigenvalue weighted by molar-refractivity contribution is 0.0603. The Labute approximate surface area is 184 Å². The minimum absolute atomic E-state index is 0.0769. The van der Waals surface area contributed by atoms with Gasteiger partial charge in [0.25, 0.3) is 0 Å². The fourth-order valence-corrected chi connectivity index (χ4v) is 3.59. The highest BCUT2D eigenvalue weighted by Crippen LogP contribution is 2.41. The van der Waals surface area contributed by atoms with E-state index in [9.17, 15) is 5.11 Å². The van der Waals surface area contributed by atoms with Crippen molar-refractivity contribution in [1.29, 1.82) is 0 Å². The van der Waals surface area contributed by atoms with E-state index in [1.165, 1.54) is 6.20 Å². The molecule has 156 valence electrons. The van der Waals surface area contributed by atoms with Crippen molar-refractivity contribution in [2.75, 3.05) is 0 Å². The highest BCUT2D eigenvalue weighted by Gasteiger charge is 2.28. The Bertz CT molecular complexity index is 1040. The number of rotatable bonds is 4. The molecule has 3 aromatic rings. The van der Waals surface area contributed by atoms with Crippen LogP contribution in [0.1, 0.15) is 53.2 Å². The molecule has 2 heterocycles. The van der Waals surface area contributed by atoms with E-state index in [4.69, 9.17) is 16.3 Å². The number of hydrogen-bond acceptors (Lipinski definition) is 5. The topological polar surface area (TPSA) is 73.1 Å². The van der Waals surface area contributed by atoms with Gasteiger partial charge in [0, 0.05) is 18.3 Å². The van der Waals surface area contributed by atoms with Crippen LogP contribution in [0.3, 0.4) is 0 Å². The van der Waals surface area contributed by atoms with Gasteiger partial charge in [0.15, 0.2) is 0 Å². The molecule has 0 aliphatic heterocycles. The first-order valence-electron chi connectivity index (χ1n) is 9.40. The summed E-state index contributed by atoms with van der Waals surface area (Å²) < 4.78 is 8.65. The second-order valence-corrected chi connectivity index (χ2v) is 10.7. The van der Waals surface area contributed by atoms with Crippen LogP contribution in [0, 0.1) is 10.8 Å². The number of halogens is 2. The molecule has 8 heteroatoms. The van der Waals surface area contributed by atoms with Crippen molar-refractivity contribution in [3.63, 3.8) is 0 Å². The van der Waals surface area contributed by atoms with Gasteiger partial charge < -0.3 is 9.84 Å². The summed E-state index contributed by atoms with van der Waals surface area (Å²) in [4.78, 5) is 4.31. The molecule has 0 amide bonds. The third kappa shape index (κ3) is 4.90. The SMILES string of the molecule is CC(C)(C)Cn1nnc2c(Br)c(Oc3ncc(Cl)cc3C(O)C(C)(C)C)ccc21. The van der Waals surface area contributed by atoms with Crippen molar-refractivity contribution in [2.45, 2.75) is 54.2 Å². The summed E-state index contributed by atoms with van der Waals surface area (Å²) in [7, 11) is 0. The summed E-state index contributed by atoms with van der Waals surface area (Å²) in [6, 6.07) is 5.46. The molecule has 0 spiro atoms. The van der Waals surface area contributed by atoms with Crippen LogP contribution >= 0.6 is 27.5 Å². The maximum absolute atomic E-state index is 10.8.